The van der Waals surface area contributed by atoms with Crippen molar-refractivity contribution in [3.63, 3.8) is 0 Å². The fourth-order valence-electron chi connectivity index (χ4n) is 1.83. The van der Waals surface area contributed by atoms with Gasteiger partial charge in [0.15, 0.2) is 5.69 Å². The van der Waals surface area contributed by atoms with Gasteiger partial charge in [0.1, 0.15) is 5.69 Å². The molecule has 0 aliphatic heterocycles. The molecule has 0 spiro atoms. The van der Waals surface area contributed by atoms with Crippen molar-refractivity contribution in [2.75, 3.05) is 0 Å². The van der Waals surface area contributed by atoms with Crippen LogP contribution in [0.4, 0.5) is 5.69 Å². The number of aromatic amines is 2. The minimum Gasteiger partial charge on any atom is -0.595 e. The number of benzene rings is 1. The summed E-state index contributed by atoms with van der Waals surface area (Å²) in [6.45, 7) is 0. The Labute approximate surface area is 96.0 Å². The second-order valence-corrected chi connectivity index (χ2v) is 3.72. The molecule has 6 nitrogen and oxygen atoms in total. The van der Waals surface area contributed by atoms with E-state index in [1.54, 1.807) is 24.4 Å². The van der Waals surface area contributed by atoms with E-state index in [1.807, 2.05) is 12.1 Å². The second kappa shape index (κ2) is 3.70. The number of quaternary nitrogens is 1. The Morgan fingerprint density at radius 1 is 1.29 bits per heavy atom. The molecule has 2 aromatic heterocycles. The van der Waals surface area contributed by atoms with Crippen molar-refractivity contribution < 1.29 is 10.4 Å². The fourth-order valence-corrected chi connectivity index (χ4v) is 1.83. The largest absolute Gasteiger partial charge is 0.595 e. The Hall–Kier alpha value is -2.15. The summed E-state index contributed by atoms with van der Waals surface area (Å²) in [7, 11) is 0. The highest BCUT2D eigenvalue weighted by atomic mass is 16.8. The van der Waals surface area contributed by atoms with Crippen LogP contribution in [0.25, 0.3) is 22.3 Å². The summed E-state index contributed by atoms with van der Waals surface area (Å²) in [5.41, 5.74) is 2.66. The molecule has 86 valence electrons. The van der Waals surface area contributed by atoms with Crippen molar-refractivity contribution in [2.45, 2.75) is 0 Å². The van der Waals surface area contributed by atoms with Crippen LogP contribution in [0, 0.1) is 5.21 Å². The molecule has 0 saturated carbocycles. The van der Waals surface area contributed by atoms with Crippen molar-refractivity contribution in [3.8, 4) is 11.4 Å². The van der Waals surface area contributed by atoms with Crippen LogP contribution < -0.4 is 5.23 Å². The summed E-state index contributed by atoms with van der Waals surface area (Å²) in [6, 6.07) is 8.66. The highest BCUT2D eigenvalue weighted by molar-refractivity contribution is 5.93. The molecule has 6 heteroatoms. The van der Waals surface area contributed by atoms with Gasteiger partial charge in [-0.3, -0.25) is 5.10 Å². The number of hydrogen-bond acceptors (Lipinski definition) is 3. The van der Waals surface area contributed by atoms with E-state index in [4.69, 9.17) is 5.21 Å². The minimum absolute atomic E-state index is 0.256. The maximum Gasteiger partial charge on any atom is 0.164 e. The van der Waals surface area contributed by atoms with Crippen LogP contribution in [0.15, 0.2) is 36.5 Å². The van der Waals surface area contributed by atoms with E-state index >= 15 is 0 Å². The molecule has 1 atom stereocenters. The molecule has 17 heavy (non-hydrogen) atoms. The molecule has 1 aromatic carbocycles. The lowest BCUT2D eigenvalue weighted by Gasteiger charge is -2.10. The second-order valence-electron chi connectivity index (χ2n) is 3.72. The molecule has 2 heterocycles. The Balaban J connectivity index is 2.23. The maximum atomic E-state index is 10.9. The first-order valence-corrected chi connectivity index (χ1v) is 5.11. The molecule has 0 bridgehead atoms. The van der Waals surface area contributed by atoms with Gasteiger partial charge < -0.3 is 10.2 Å². The summed E-state index contributed by atoms with van der Waals surface area (Å²) in [5.74, 6) is 0. The van der Waals surface area contributed by atoms with Gasteiger partial charge >= 0.3 is 0 Å². The molecule has 0 aliphatic rings. The minimum atomic E-state index is -0.939. The Morgan fingerprint density at radius 2 is 2.18 bits per heavy atom. The fraction of sp³-hybridized carbons (Fsp3) is 0. The topological polar surface area (TPSA) is 92.2 Å². The summed E-state index contributed by atoms with van der Waals surface area (Å²) in [6.07, 6.45) is 1.80. The number of aromatic nitrogens is 3. The van der Waals surface area contributed by atoms with E-state index in [9.17, 15) is 5.21 Å². The zero-order valence-electron chi connectivity index (χ0n) is 8.77. The van der Waals surface area contributed by atoms with E-state index in [1.165, 1.54) is 0 Å². The maximum absolute atomic E-state index is 10.9. The number of fused-ring (bicyclic) bond motifs is 1. The van der Waals surface area contributed by atoms with Crippen LogP contribution in [-0.2, 0) is 0 Å². The summed E-state index contributed by atoms with van der Waals surface area (Å²) >= 11 is 0. The molecule has 0 saturated heterocycles. The van der Waals surface area contributed by atoms with Gasteiger partial charge in [0.05, 0.1) is 11.2 Å². The third kappa shape index (κ3) is 1.60. The molecule has 4 N–H and O–H groups in total. The number of H-pyrrole nitrogens is 2. The first-order chi connectivity index (χ1) is 8.25. The van der Waals surface area contributed by atoms with Gasteiger partial charge in [-0.15, -0.1) is 0 Å². The molecule has 0 radical (unpaired) electrons. The summed E-state index contributed by atoms with van der Waals surface area (Å²) in [4.78, 5) is 3.05. The highest BCUT2D eigenvalue weighted by Crippen LogP contribution is 2.26. The van der Waals surface area contributed by atoms with Crippen molar-refractivity contribution in [3.05, 3.63) is 41.7 Å². The molecule has 0 fully saturated rings. The molecular formula is C11H10N4O2. The highest BCUT2D eigenvalue weighted by Gasteiger charge is 2.11. The van der Waals surface area contributed by atoms with Crippen LogP contribution in [0.1, 0.15) is 0 Å². The lowest BCUT2D eigenvalue weighted by atomic mass is 10.1. The van der Waals surface area contributed by atoms with Crippen molar-refractivity contribution in [1.29, 1.82) is 0 Å². The summed E-state index contributed by atoms with van der Waals surface area (Å²) in [5, 5.41) is 26.8. The van der Waals surface area contributed by atoms with Crippen LogP contribution >= 0.6 is 0 Å². The average Bonchev–Trinajstić information content (AvgIpc) is 2.96. The zero-order valence-corrected chi connectivity index (χ0v) is 8.77. The third-order valence-corrected chi connectivity index (χ3v) is 2.66. The zero-order chi connectivity index (χ0) is 11.8. The first kappa shape index (κ1) is 10.0. The normalized spacial score (nSPS) is 13.1. The van der Waals surface area contributed by atoms with E-state index in [0.717, 1.165) is 22.3 Å². The number of nitrogens with zero attached hydrogens (tertiary/aromatic N) is 1. The Morgan fingerprint density at radius 3 is 2.88 bits per heavy atom. The van der Waals surface area contributed by atoms with Crippen molar-refractivity contribution >= 4 is 16.6 Å². The van der Waals surface area contributed by atoms with Crippen LogP contribution in [-0.4, -0.2) is 20.4 Å². The molecule has 3 rings (SSSR count). The van der Waals surface area contributed by atoms with Crippen LogP contribution in [0.3, 0.4) is 0 Å². The predicted molar refractivity (Wildman–Crippen MR) is 61.7 cm³/mol. The van der Waals surface area contributed by atoms with Gasteiger partial charge in [-0.2, -0.15) is 10.3 Å². The van der Waals surface area contributed by atoms with Gasteiger partial charge in [-0.05, 0) is 18.2 Å². The quantitative estimate of drug-likeness (QED) is 0.494. The van der Waals surface area contributed by atoms with Crippen molar-refractivity contribution in [2.24, 2.45) is 0 Å². The van der Waals surface area contributed by atoms with Gasteiger partial charge in [0, 0.05) is 23.7 Å². The van der Waals surface area contributed by atoms with Crippen LogP contribution in [0.2, 0.25) is 0 Å². The van der Waals surface area contributed by atoms with E-state index in [0.29, 0.717) is 0 Å². The van der Waals surface area contributed by atoms with Gasteiger partial charge in [0.25, 0.3) is 0 Å². The van der Waals surface area contributed by atoms with Crippen LogP contribution in [0.5, 0.6) is 0 Å². The Kier molecular flexibility index (Phi) is 2.19. The lowest BCUT2D eigenvalue weighted by molar-refractivity contribution is -0.991. The predicted octanol–water partition coefficient (Wildman–Crippen LogP) is 0.961. The molecule has 0 aliphatic carbocycles. The van der Waals surface area contributed by atoms with Gasteiger partial charge in [0.2, 0.25) is 0 Å². The molecule has 0 amide bonds. The van der Waals surface area contributed by atoms with Gasteiger partial charge in [-0.1, -0.05) is 0 Å². The van der Waals surface area contributed by atoms with Gasteiger partial charge in [-0.25, -0.2) is 5.21 Å². The number of rotatable bonds is 2. The molecule has 1 unspecified atom stereocenters. The molecule has 3 aromatic rings. The van der Waals surface area contributed by atoms with Crippen molar-refractivity contribution in [1.82, 2.24) is 15.2 Å². The average molecular weight is 230 g/mol. The summed E-state index contributed by atoms with van der Waals surface area (Å²) < 4.78 is 0. The van der Waals surface area contributed by atoms with E-state index in [-0.39, 0.29) is 5.69 Å². The van der Waals surface area contributed by atoms with E-state index in [2.05, 4.69) is 15.2 Å². The smallest absolute Gasteiger partial charge is 0.164 e. The van der Waals surface area contributed by atoms with E-state index < -0.39 is 5.23 Å². The SMILES string of the molecule is [O-][NH+](O)c1ccc2[nH]nc(-c3ccc[nH]3)c2c1. The lowest BCUT2D eigenvalue weighted by Crippen LogP contribution is -2.99. The molecular weight excluding hydrogens is 220 g/mol. The first-order valence-electron chi connectivity index (χ1n) is 5.11. The monoisotopic (exact) mass is 230 g/mol. The number of nitrogens with one attached hydrogen (secondary N) is 3. The standard InChI is InChI=1S/C11H10N4O2/c16-15(17)7-3-4-9-8(6-7)11(14-13-9)10-2-1-5-12-10/h1-6,12,15-16H,(H,13,14). The third-order valence-electron chi connectivity index (χ3n) is 2.66. The number of hydrogen-bond donors (Lipinski definition) is 4. The Bertz CT molecular complexity index is 643.